The molecule has 0 radical (unpaired) electrons. The van der Waals surface area contributed by atoms with Crippen molar-refractivity contribution in [2.75, 3.05) is 0 Å². The van der Waals surface area contributed by atoms with Gasteiger partial charge in [-0.1, -0.05) is 72.2 Å². The van der Waals surface area contributed by atoms with Gasteiger partial charge in [0.1, 0.15) is 0 Å². The topological polar surface area (TPSA) is 0 Å². The third kappa shape index (κ3) is 3.09. The number of fused-ring (bicyclic) bond motifs is 2. The second kappa shape index (κ2) is 6.48. The van der Waals surface area contributed by atoms with E-state index in [1.165, 1.54) is 26.5 Å². The lowest BCUT2D eigenvalue weighted by Crippen LogP contribution is -2.03. The van der Waals surface area contributed by atoms with E-state index in [9.17, 15) is 0 Å². The fourth-order valence-electron chi connectivity index (χ4n) is 3.20. The first-order valence-electron chi connectivity index (χ1n) is 7.95. The van der Waals surface area contributed by atoms with Gasteiger partial charge in [-0.3, -0.25) is 0 Å². The maximum atomic E-state index is 6.17. The predicted molar refractivity (Wildman–Crippen MR) is 104 cm³/mol. The van der Waals surface area contributed by atoms with Crippen molar-refractivity contribution in [1.82, 2.24) is 0 Å². The summed E-state index contributed by atoms with van der Waals surface area (Å²) in [5.41, 5.74) is 5.25. The third-order valence-electron chi connectivity index (χ3n) is 4.54. The normalized spacial score (nSPS) is 14.0. The summed E-state index contributed by atoms with van der Waals surface area (Å²) in [5, 5.41) is 1.37. The van der Waals surface area contributed by atoms with Crippen LogP contribution in [0.1, 0.15) is 35.1 Å². The number of halogens is 2. The van der Waals surface area contributed by atoms with Crippen LogP contribution >= 0.6 is 35.0 Å². The Hall–Kier alpha value is -1.41. The Morgan fingerprint density at radius 3 is 2.29 bits per heavy atom. The highest BCUT2D eigenvalue weighted by Crippen LogP contribution is 2.41. The molecule has 4 rings (SSSR count). The van der Waals surface area contributed by atoms with Crippen molar-refractivity contribution in [2.24, 2.45) is 0 Å². The van der Waals surface area contributed by atoms with E-state index in [1.54, 1.807) is 6.07 Å². The maximum absolute atomic E-state index is 6.17. The monoisotopic (exact) mass is 370 g/mol. The molecular formula is C21H16Cl2S. The molecule has 3 aromatic carbocycles. The number of hydrogen-bond donors (Lipinski definition) is 0. The summed E-state index contributed by atoms with van der Waals surface area (Å²) in [5.74, 6) is 0.258. The molecule has 0 bridgehead atoms. The van der Waals surface area contributed by atoms with Crippen molar-refractivity contribution < 1.29 is 0 Å². The molecular weight excluding hydrogens is 355 g/mol. The molecule has 0 nitrogen and oxygen atoms in total. The summed E-state index contributed by atoms with van der Waals surface area (Å²) in [4.78, 5) is 2.72. The first-order chi connectivity index (χ1) is 11.6. The number of benzene rings is 3. The van der Waals surface area contributed by atoms with Crippen molar-refractivity contribution in [1.29, 1.82) is 0 Å². The lowest BCUT2D eigenvalue weighted by molar-refractivity contribution is 0.909. The molecule has 0 aromatic heterocycles. The van der Waals surface area contributed by atoms with Gasteiger partial charge in [-0.25, -0.2) is 0 Å². The van der Waals surface area contributed by atoms with Crippen LogP contribution in [-0.2, 0) is 6.42 Å². The van der Waals surface area contributed by atoms with Crippen LogP contribution < -0.4 is 0 Å². The molecule has 0 fully saturated rings. The molecule has 1 atom stereocenters. The first-order valence-corrected chi connectivity index (χ1v) is 9.52. The molecule has 1 aliphatic rings. The van der Waals surface area contributed by atoms with Crippen LogP contribution in [0.3, 0.4) is 0 Å². The average molecular weight is 371 g/mol. The third-order valence-corrected chi connectivity index (χ3v) is 6.22. The summed E-state index contributed by atoms with van der Waals surface area (Å²) in [6.45, 7) is 2.20. The number of rotatable bonds is 2. The maximum Gasteiger partial charge on any atom is 0.0423 e. The van der Waals surface area contributed by atoms with Crippen molar-refractivity contribution in [3.63, 3.8) is 0 Å². The molecule has 0 aliphatic carbocycles. The smallest absolute Gasteiger partial charge is 0.0423 e. The summed E-state index contributed by atoms with van der Waals surface area (Å²) < 4.78 is 0. The molecule has 1 heterocycles. The van der Waals surface area contributed by atoms with Gasteiger partial charge in [-0.2, -0.15) is 0 Å². The van der Waals surface area contributed by atoms with Crippen LogP contribution in [0.15, 0.2) is 70.5 Å². The van der Waals surface area contributed by atoms with Gasteiger partial charge in [0.05, 0.1) is 0 Å². The van der Waals surface area contributed by atoms with Gasteiger partial charge in [0.2, 0.25) is 0 Å². The zero-order valence-electron chi connectivity index (χ0n) is 13.2. The predicted octanol–water partition coefficient (Wildman–Crippen LogP) is 7.20. The van der Waals surface area contributed by atoms with E-state index in [2.05, 4.69) is 49.4 Å². The van der Waals surface area contributed by atoms with Crippen LogP contribution in [-0.4, -0.2) is 0 Å². The van der Waals surface area contributed by atoms with Crippen molar-refractivity contribution in [3.8, 4) is 0 Å². The molecule has 1 unspecified atom stereocenters. The molecule has 3 aromatic rings. The Morgan fingerprint density at radius 2 is 1.50 bits per heavy atom. The first kappa shape index (κ1) is 16.1. The summed E-state index contributed by atoms with van der Waals surface area (Å²) in [7, 11) is 0. The van der Waals surface area contributed by atoms with E-state index in [1.807, 2.05) is 23.9 Å². The minimum absolute atomic E-state index is 0.258. The van der Waals surface area contributed by atoms with Gasteiger partial charge in [0, 0.05) is 25.8 Å². The Kier molecular flexibility index (Phi) is 4.34. The second-order valence-electron chi connectivity index (χ2n) is 6.18. The van der Waals surface area contributed by atoms with Crippen LogP contribution in [0.4, 0.5) is 0 Å². The van der Waals surface area contributed by atoms with E-state index in [0.29, 0.717) is 10.0 Å². The van der Waals surface area contributed by atoms with E-state index in [-0.39, 0.29) is 5.92 Å². The highest BCUT2D eigenvalue weighted by atomic mass is 35.5. The van der Waals surface area contributed by atoms with Crippen LogP contribution in [0.25, 0.3) is 0 Å². The Labute approximate surface area is 156 Å². The van der Waals surface area contributed by atoms with E-state index >= 15 is 0 Å². The highest BCUT2D eigenvalue weighted by molar-refractivity contribution is 7.99. The minimum atomic E-state index is 0.258. The Morgan fingerprint density at radius 1 is 0.792 bits per heavy atom. The number of hydrogen-bond acceptors (Lipinski definition) is 1. The van der Waals surface area contributed by atoms with Gasteiger partial charge < -0.3 is 0 Å². The second-order valence-corrected chi connectivity index (χ2v) is 8.13. The molecule has 0 saturated carbocycles. The molecule has 0 saturated heterocycles. The Balaban J connectivity index is 1.69. The Bertz CT molecular complexity index is 897. The SMILES string of the molecule is CC(c1cc(Cl)cc(Cl)c1)c1ccc2c(c1)Cc1ccccc1S2. The van der Waals surface area contributed by atoms with Crippen molar-refractivity contribution in [2.45, 2.75) is 29.1 Å². The van der Waals surface area contributed by atoms with Gasteiger partial charge in [-0.05, 0) is 59.0 Å². The molecule has 0 N–H and O–H groups in total. The highest BCUT2D eigenvalue weighted by Gasteiger charge is 2.18. The van der Waals surface area contributed by atoms with E-state index in [0.717, 1.165) is 12.0 Å². The fourth-order valence-corrected chi connectivity index (χ4v) is 4.79. The van der Waals surface area contributed by atoms with E-state index in [4.69, 9.17) is 23.2 Å². The largest absolute Gasteiger partial charge is 0.0895 e. The van der Waals surface area contributed by atoms with Gasteiger partial charge in [-0.15, -0.1) is 0 Å². The zero-order valence-corrected chi connectivity index (χ0v) is 15.6. The van der Waals surface area contributed by atoms with Gasteiger partial charge in [0.15, 0.2) is 0 Å². The van der Waals surface area contributed by atoms with Gasteiger partial charge >= 0.3 is 0 Å². The summed E-state index contributed by atoms with van der Waals surface area (Å²) in [6.07, 6.45) is 0.995. The lowest BCUT2D eigenvalue weighted by Gasteiger charge is -2.21. The van der Waals surface area contributed by atoms with Crippen LogP contribution in [0.5, 0.6) is 0 Å². The molecule has 24 heavy (non-hydrogen) atoms. The van der Waals surface area contributed by atoms with Crippen molar-refractivity contribution in [3.05, 3.63) is 93.0 Å². The summed E-state index contributed by atoms with van der Waals surface area (Å²) in [6, 6.07) is 21.2. The average Bonchev–Trinajstić information content (AvgIpc) is 2.58. The molecule has 1 aliphatic heterocycles. The lowest BCUT2D eigenvalue weighted by atomic mass is 9.91. The van der Waals surface area contributed by atoms with Crippen LogP contribution in [0, 0.1) is 0 Å². The summed E-state index contributed by atoms with van der Waals surface area (Å²) >= 11 is 14.2. The molecule has 3 heteroatoms. The quantitative estimate of drug-likeness (QED) is 0.359. The van der Waals surface area contributed by atoms with E-state index < -0.39 is 0 Å². The molecule has 0 amide bonds. The fraction of sp³-hybridized carbons (Fsp3) is 0.143. The zero-order chi connectivity index (χ0) is 16.7. The minimum Gasteiger partial charge on any atom is -0.0895 e. The van der Waals surface area contributed by atoms with Crippen LogP contribution in [0.2, 0.25) is 10.0 Å². The molecule has 120 valence electrons. The van der Waals surface area contributed by atoms with Gasteiger partial charge in [0.25, 0.3) is 0 Å². The van der Waals surface area contributed by atoms with Crippen molar-refractivity contribution >= 4 is 35.0 Å². The molecule has 0 spiro atoms. The standard InChI is InChI=1S/C21H16Cl2S/c1-13(16-10-18(22)12-19(23)11-16)14-6-7-21-17(8-14)9-15-4-2-3-5-20(15)24-21/h2-8,10-13H,9H2,1H3.